The summed E-state index contributed by atoms with van der Waals surface area (Å²) in [6.07, 6.45) is 6.68. The third-order valence-corrected chi connectivity index (χ3v) is 7.55. The first-order valence-corrected chi connectivity index (χ1v) is 13.5. The number of aromatic nitrogens is 1. The molecule has 0 spiro atoms. The number of halogens is 2. The highest BCUT2D eigenvalue weighted by Gasteiger charge is 2.37. The van der Waals surface area contributed by atoms with Crippen LogP contribution in [0.5, 0.6) is 0 Å². The Morgan fingerprint density at radius 1 is 1.06 bits per heavy atom. The van der Waals surface area contributed by atoms with Gasteiger partial charge in [-0.3, -0.25) is 9.36 Å². The van der Waals surface area contributed by atoms with E-state index in [9.17, 15) is 22.0 Å². The molecule has 186 valence electrons. The van der Waals surface area contributed by atoms with E-state index in [0.717, 1.165) is 44.2 Å². The Hall–Kier alpha value is -2.30. The molecule has 1 aromatic carbocycles. The van der Waals surface area contributed by atoms with E-state index in [2.05, 4.69) is 29.0 Å². The van der Waals surface area contributed by atoms with Crippen molar-refractivity contribution in [2.45, 2.75) is 62.8 Å². The molecule has 4 rings (SSSR count). The van der Waals surface area contributed by atoms with Crippen LogP contribution in [-0.2, 0) is 14.8 Å². The molecule has 7 nitrogen and oxygen atoms in total. The molecule has 2 aliphatic rings. The zero-order valence-electron chi connectivity index (χ0n) is 19.1. The molecular weight excluding hydrogens is 464 g/mol. The van der Waals surface area contributed by atoms with Gasteiger partial charge in [0.2, 0.25) is 10.0 Å². The standard InChI is InChI=1S/C24H31F2N3O4S/c1-34(31,32)27-21-13-14-28(19-9-12-23(30)29(15-19)24(25)26)22(21)16-33-20-10-7-18(8-11-20)17-5-3-2-4-6-17/h2-6,9,12,15,18,20-22,24,27H,7-8,10-11,13-14,16H2,1H3/t18-,20+,21-,22-/m0/s1. The largest absolute Gasteiger partial charge is 0.376 e. The normalized spacial score (nSPS) is 25.7. The number of benzene rings is 1. The Balaban J connectivity index is 1.45. The Kier molecular flexibility index (Phi) is 7.69. The van der Waals surface area contributed by atoms with Crippen molar-refractivity contribution in [3.05, 3.63) is 64.6 Å². The molecule has 0 amide bonds. The van der Waals surface area contributed by atoms with Crippen LogP contribution in [0.1, 0.15) is 50.1 Å². The molecule has 1 saturated heterocycles. The minimum absolute atomic E-state index is 0.0660. The molecule has 0 radical (unpaired) electrons. The highest BCUT2D eigenvalue weighted by atomic mass is 32.2. The van der Waals surface area contributed by atoms with Gasteiger partial charge in [-0.05, 0) is 49.7 Å². The molecule has 1 aliphatic heterocycles. The predicted octanol–water partition coefficient (Wildman–Crippen LogP) is 3.48. The summed E-state index contributed by atoms with van der Waals surface area (Å²) in [7, 11) is -3.46. The van der Waals surface area contributed by atoms with Crippen LogP contribution in [0.4, 0.5) is 14.5 Å². The van der Waals surface area contributed by atoms with Gasteiger partial charge in [-0.25, -0.2) is 13.1 Å². The number of hydrogen-bond donors (Lipinski definition) is 1. The second-order valence-corrected chi connectivity index (χ2v) is 11.0. The molecule has 1 saturated carbocycles. The second-order valence-electron chi connectivity index (χ2n) is 9.17. The lowest BCUT2D eigenvalue weighted by molar-refractivity contribution is 0.0156. The zero-order valence-corrected chi connectivity index (χ0v) is 20.0. The number of pyridine rings is 1. The van der Waals surface area contributed by atoms with E-state index in [1.165, 1.54) is 11.6 Å². The van der Waals surface area contributed by atoms with Gasteiger partial charge in [0.05, 0.1) is 30.7 Å². The molecule has 2 atom stereocenters. The lowest BCUT2D eigenvalue weighted by Gasteiger charge is -2.33. The molecular formula is C24H31F2N3O4S. The fraction of sp³-hybridized carbons (Fsp3) is 0.542. The van der Waals surface area contributed by atoms with Gasteiger partial charge in [-0.1, -0.05) is 30.3 Å². The fourth-order valence-corrected chi connectivity index (χ4v) is 5.95. The highest BCUT2D eigenvalue weighted by molar-refractivity contribution is 7.88. The van der Waals surface area contributed by atoms with Gasteiger partial charge >= 0.3 is 6.55 Å². The summed E-state index contributed by atoms with van der Waals surface area (Å²) in [6, 6.07) is 12.3. The second kappa shape index (κ2) is 10.5. The Morgan fingerprint density at radius 2 is 1.76 bits per heavy atom. The van der Waals surface area contributed by atoms with Gasteiger partial charge in [0.25, 0.3) is 5.56 Å². The van der Waals surface area contributed by atoms with Crippen molar-refractivity contribution in [3.8, 4) is 0 Å². The maximum absolute atomic E-state index is 13.3. The Morgan fingerprint density at radius 3 is 2.41 bits per heavy atom. The van der Waals surface area contributed by atoms with Crippen LogP contribution in [0, 0.1) is 0 Å². The fourth-order valence-electron chi connectivity index (χ4n) is 5.13. The topological polar surface area (TPSA) is 80.6 Å². The van der Waals surface area contributed by atoms with Crippen LogP contribution < -0.4 is 15.2 Å². The average molecular weight is 496 g/mol. The average Bonchev–Trinajstić information content (AvgIpc) is 3.19. The lowest BCUT2D eigenvalue weighted by Crippen LogP contribution is -2.48. The minimum Gasteiger partial charge on any atom is -0.376 e. The van der Waals surface area contributed by atoms with Crippen molar-refractivity contribution >= 4 is 15.7 Å². The summed E-state index contributed by atoms with van der Waals surface area (Å²) in [6.45, 7) is -2.22. The first-order chi connectivity index (χ1) is 16.2. The summed E-state index contributed by atoms with van der Waals surface area (Å²) >= 11 is 0. The maximum Gasteiger partial charge on any atom is 0.321 e. The van der Waals surface area contributed by atoms with Gasteiger partial charge in [0.15, 0.2) is 0 Å². The van der Waals surface area contributed by atoms with Crippen LogP contribution in [0.15, 0.2) is 53.5 Å². The van der Waals surface area contributed by atoms with E-state index >= 15 is 0 Å². The number of nitrogens with one attached hydrogen (secondary N) is 1. The molecule has 2 heterocycles. The molecule has 34 heavy (non-hydrogen) atoms. The zero-order chi connectivity index (χ0) is 24.3. The molecule has 0 bridgehead atoms. The van der Waals surface area contributed by atoms with Crippen LogP contribution in [0.25, 0.3) is 0 Å². The number of anilines is 1. The summed E-state index contributed by atoms with van der Waals surface area (Å²) in [4.78, 5) is 13.6. The molecule has 1 aliphatic carbocycles. The lowest BCUT2D eigenvalue weighted by atomic mass is 9.83. The van der Waals surface area contributed by atoms with Gasteiger partial charge in [0.1, 0.15) is 0 Å². The van der Waals surface area contributed by atoms with Crippen molar-refractivity contribution < 1.29 is 21.9 Å². The molecule has 1 N–H and O–H groups in total. The molecule has 10 heteroatoms. The summed E-state index contributed by atoms with van der Waals surface area (Å²) < 4.78 is 59.7. The minimum atomic E-state index is -3.46. The third kappa shape index (κ3) is 6.03. The number of rotatable bonds is 8. The van der Waals surface area contributed by atoms with Crippen molar-refractivity contribution in [3.63, 3.8) is 0 Å². The monoisotopic (exact) mass is 495 g/mol. The smallest absolute Gasteiger partial charge is 0.321 e. The number of sulfonamides is 1. The molecule has 0 unspecified atom stereocenters. The van der Waals surface area contributed by atoms with Crippen LogP contribution >= 0.6 is 0 Å². The van der Waals surface area contributed by atoms with E-state index in [1.54, 1.807) is 0 Å². The Bertz CT molecular complexity index is 1120. The summed E-state index contributed by atoms with van der Waals surface area (Å²) in [5.41, 5.74) is 1.00. The molecule has 1 aromatic heterocycles. The molecule has 2 aromatic rings. The van der Waals surface area contributed by atoms with E-state index in [0.29, 0.717) is 29.1 Å². The Labute approximate surface area is 198 Å². The van der Waals surface area contributed by atoms with Crippen LogP contribution in [0.3, 0.4) is 0 Å². The third-order valence-electron chi connectivity index (χ3n) is 6.82. The van der Waals surface area contributed by atoms with Gasteiger partial charge < -0.3 is 9.64 Å². The van der Waals surface area contributed by atoms with Crippen molar-refractivity contribution in [2.24, 2.45) is 0 Å². The predicted molar refractivity (Wildman–Crippen MR) is 127 cm³/mol. The van der Waals surface area contributed by atoms with Crippen LogP contribution in [-0.4, -0.2) is 50.6 Å². The van der Waals surface area contributed by atoms with Crippen molar-refractivity contribution in [1.82, 2.24) is 9.29 Å². The number of alkyl halides is 2. The highest BCUT2D eigenvalue weighted by Crippen LogP contribution is 2.34. The molecule has 2 fully saturated rings. The van der Waals surface area contributed by atoms with Crippen LogP contribution in [0.2, 0.25) is 0 Å². The van der Waals surface area contributed by atoms with Gasteiger partial charge in [-0.2, -0.15) is 8.78 Å². The van der Waals surface area contributed by atoms with Gasteiger partial charge in [0, 0.05) is 24.8 Å². The number of hydrogen-bond acceptors (Lipinski definition) is 5. The first kappa shape index (κ1) is 24.8. The summed E-state index contributed by atoms with van der Waals surface area (Å²) in [5.74, 6) is 0.513. The van der Waals surface area contributed by atoms with Crippen molar-refractivity contribution in [1.29, 1.82) is 0 Å². The van der Waals surface area contributed by atoms with E-state index in [-0.39, 0.29) is 18.8 Å². The number of ether oxygens (including phenoxy) is 1. The van der Waals surface area contributed by atoms with Crippen molar-refractivity contribution in [2.75, 3.05) is 24.3 Å². The maximum atomic E-state index is 13.3. The van der Waals surface area contributed by atoms with Gasteiger partial charge in [-0.15, -0.1) is 0 Å². The summed E-state index contributed by atoms with van der Waals surface area (Å²) in [5, 5.41) is 0. The first-order valence-electron chi connectivity index (χ1n) is 11.6. The van der Waals surface area contributed by atoms with E-state index in [4.69, 9.17) is 4.74 Å². The number of nitrogens with zero attached hydrogens (tertiary/aromatic N) is 2. The SMILES string of the molecule is CS(=O)(=O)N[C@H]1CCN(c2ccc(=O)n(C(F)F)c2)[C@H]1CO[C@H]1CC[C@@H](c2ccccc2)CC1. The van der Waals surface area contributed by atoms with E-state index < -0.39 is 28.2 Å². The van der Waals surface area contributed by atoms with E-state index in [1.807, 2.05) is 11.0 Å². The quantitative estimate of drug-likeness (QED) is 0.607.